The fourth-order valence-electron chi connectivity index (χ4n) is 4.42. The van der Waals surface area contributed by atoms with Crippen LogP contribution in [0.1, 0.15) is 62.4 Å². The van der Waals surface area contributed by atoms with E-state index in [1.165, 1.54) is 12.7 Å². The fourth-order valence-corrected chi connectivity index (χ4v) is 4.42. The third kappa shape index (κ3) is 4.32. The van der Waals surface area contributed by atoms with E-state index in [9.17, 15) is 9.59 Å². The zero-order chi connectivity index (χ0) is 22.2. The third-order valence-corrected chi connectivity index (χ3v) is 6.42. The van der Waals surface area contributed by atoms with E-state index in [0.717, 1.165) is 24.4 Å². The van der Waals surface area contributed by atoms with E-state index in [1.807, 2.05) is 6.07 Å². The van der Waals surface area contributed by atoms with Gasteiger partial charge in [0.25, 0.3) is 0 Å². The second-order valence-corrected chi connectivity index (χ2v) is 8.92. The number of furan rings is 2. The van der Waals surface area contributed by atoms with Crippen molar-refractivity contribution in [1.29, 1.82) is 0 Å². The van der Waals surface area contributed by atoms with Gasteiger partial charge in [0.1, 0.15) is 23.3 Å². The Morgan fingerprint density at radius 3 is 2.69 bits per heavy atom. The number of rotatable bonds is 9. The molecule has 32 heavy (non-hydrogen) atoms. The molecule has 0 bridgehead atoms. The van der Waals surface area contributed by atoms with Crippen molar-refractivity contribution >= 4 is 12.0 Å². The van der Waals surface area contributed by atoms with Crippen LogP contribution in [0.25, 0.3) is 0 Å². The molecule has 8 heteroatoms. The van der Waals surface area contributed by atoms with Gasteiger partial charge >= 0.3 is 12.0 Å². The zero-order valence-corrected chi connectivity index (χ0v) is 18.4. The maximum Gasteiger partial charge on any atom is 0.338 e. The lowest BCUT2D eigenvalue weighted by molar-refractivity contribution is -0.139. The van der Waals surface area contributed by atoms with Crippen molar-refractivity contribution in [2.75, 3.05) is 13.2 Å². The number of nitrogens with one attached hydrogen (secondary N) is 2. The van der Waals surface area contributed by atoms with E-state index in [-0.39, 0.29) is 12.6 Å². The molecule has 3 aliphatic rings. The lowest BCUT2D eigenvalue weighted by atomic mass is 9.99. The zero-order valence-electron chi connectivity index (χ0n) is 18.4. The Hall–Kier alpha value is -3.00. The van der Waals surface area contributed by atoms with Gasteiger partial charge in [-0.3, -0.25) is 4.90 Å². The molecular formula is C24H29N3O5. The van der Waals surface area contributed by atoms with Gasteiger partial charge in [0, 0.05) is 24.2 Å². The third-order valence-electron chi connectivity index (χ3n) is 6.42. The number of nitrogens with zero attached hydrogens (tertiary/aromatic N) is 1. The van der Waals surface area contributed by atoms with E-state index >= 15 is 0 Å². The Morgan fingerprint density at radius 2 is 2.03 bits per heavy atom. The van der Waals surface area contributed by atoms with Gasteiger partial charge in [0.05, 0.1) is 25.0 Å². The van der Waals surface area contributed by atoms with Crippen LogP contribution in [0.2, 0.25) is 0 Å². The molecule has 1 aliphatic heterocycles. The quantitative estimate of drug-likeness (QED) is 0.577. The molecule has 3 heterocycles. The second-order valence-electron chi connectivity index (χ2n) is 8.92. The van der Waals surface area contributed by atoms with E-state index in [4.69, 9.17) is 13.6 Å². The maximum absolute atomic E-state index is 12.9. The summed E-state index contributed by atoms with van der Waals surface area (Å²) in [6.45, 7) is 5.29. The summed E-state index contributed by atoms with van der Waals surface area (Å²) in [6.07, 6.45) is 4.88. The maximum atomic E-state index is 12.9. The summed E-state index contributed by atoms with van der Waals surface area (Å²) in [7, 11) is 0. The monoisotopic (exact) mass is 439 g/mol. The number of ether oxygens (including phenoxy) is 1. The summed E-state index contributed by atoms with van der Waals surface area (Å²) >= 11 is 0. The van der Waals surface area contributed by atoms with Gasteiger partial charge in [-0.25, -0.2) is 9.59 Å². The number of urea groups is 1. The smallest absolute Gasteiger partial charge is 0.338 e. The normalized spacial score (nSPS) is 25.0. The minimum absolute atomic E-state index is 0.246. The van der Waals surface area contributed by atoms with Crippen LogP contribution in [0, 0.1) is 5.92 Å². The molecular weight excluding hydrogens is 410 g/mol. The van der Waals surface area contributed by atoms with Crippen LogP contribution in [-0.4, -0.2) is 36.1 Å². The molecule has 2 aromatic rings. The lowest BCUT2D eigenvalue weighted by Gasteiger charge is -2.31. The van der Waals surface area contributed by atoms with Crippen molar-refractivity contribution in [1.82, 2.24) is 15.5 Å². The van der Waals surface area contributed by atoms with Crippen LogP contribution in [-0.2, 0) is 16.1 Å². The van der Waals surface area contributed by atoms with E-state index in [2.05, 4.69) is 28.5 Å². The molecule has 2 fully saturated rings. The van der Waals surface area contributed by atoms with E-state index in [1.54, 1.807) is 19.1 Å². The largest absolute Gasteiger partial charge is 0.467 e. The van der Waals surface area contributed by atoms with Crippen molar-refractivity contribution in [2.24, 2.45) is 5.92 Å². The summed E-state index contributed by atoms with van der Waals surface area (Å²) in [5, 5.41) is 5.64. The first-order chi connectivity index (χ1) is 15.5. The Bertz CT molecular complexity index is 1020. The van der Waals surface area contributed by atoms with Gasteiger partial charge in [-0.15, -0.1) is 0 Å². The minimum Gasteiger partial charge on any atom is -0.467 e. The molecule has 0 radical (unpaired) electrons. The van der Waals surface area contributed by atoms with Gasteiger partial charge in [-0.1, -0.05) is 6.92 Å². The van der Waals surface area contributed by atoms with Gasteiger partial charge in [-0.05, 0) is 56.4 Å². The Balaban J connectivity index is 1.42. The van der Waals surface area contributed by atoms with Gasteiger partial charge < -0.3 is 24.2 Å². The number of carbonyl (C=O) groups excluding carboxylic acids is 2. The molecule has 2 aromatic heterocycles. The Kier molecular flexibility index (Phi) is 5.55. The van der Waals surface area contributed by atoms with Crippen LogP contribution in [0.3, 0.4) is 0 Å². The molecule has 2 amide bonds. The predicted molar refractivity (Wildman–Crippen MR) is 115 cm³/mol. The number of carbonyl (C=O) groups is 2. The van der Waals surface area contributed by atoms with Crippen molar-refractivity contribution in [3.63, 3.8) is 0 Å². The molecule has 170 valence electrons. The van der Waals surface area contributed by atoms with Crippen LogP contribution in [0.5, 0.6) is 0 Å². The molecule has 8 nitrogen and oxygen atoms in total. The van der Waals surface area contributed by atoms with Gasteiger partial charge in [0.2, 0.25) is 0 Å². The van der Waals surface area contributed by atoms with Crippen LogP contribution in [0.15, 0.2) is 50.6 Å². The number of amides is 2. The van der Waals surface area contributed by atoms with Crippen LogP contribution < -0.4 is 10.6 Å². The summed E-state index contributed by atoms with van der Waals surface area (Å²) in [4.78, 5) is 27.6. The van der Waals surface area contributed by atoms with Crippen LogP contribution >= 0.6 is 0 Å². The minimum atomic E-state index is -0.694. The van der Waals surface area contributed by atoms with E-state index < -0.39 is 12.0 Å². The first kappa shape index (κ1) is 20.9. The molecule has 0 spiro atoms. The molecule has 0 aromatic carbocycles. The average molecular weight is 440 g/mol. The Morgan fingerprint density at radius 1 is 1.22 bits per heavy atom. The molecule has 5 rings (SSSR count). The van der Waals surface area contributed by atoms with Gasteiger partial charge in [0.15, 0.2) is 0 Å². The highest BCUT2D eigenvalue weighted by atomic mass is 16.5. The average Bonchev–Trinajstić information content (AvgIpc) is 3.62. The summed E-state index contributed by atoms with van der Waals surface area (Å²) in [5.74, 6) is 3.22. The molecule has 2 N–H and O–H groups in total. The van der Waals surface area contributed by atoms with Crippen molar-refractivity contribution in [2.45, 2.75) is 57.7 Å². The standard InChI is InChI=1S/C24H29N3O5/c1-3-30-23(28)21-18(25-24(29)26-22(21)20-5-4-10-31-20)13-27(15-6-7-15)12-16-8-9-19(32-16)17-11-14(17)2/h4-5,8-10,14-15,17,22H,3,6-7,11-13H2,1-2H3,(H2,25,26,29). The molecule has 3 unspecified atom stereocenters. The SMILES string of the molecule is CCOC(=O)C1=C(CN(Cc2ccc(C3CC3C)o2)C2CC2)NC(=O)NC1c1ccco1. The fraction of sp³-hybridized carbons (Fsp3) is 0.500. The first-order valence-electron chi connectivity index (χ1n) is 11.4. The second kappa shape index (κ2) is 8.50. The van der Waals surface area contributed by atoms with Crippen molar-refractivity contribution in [3.05, 3.63) is 59.1 Å². The highest BCUT2D eigenvalue weighted by Crippen LogP contribution is 2.47. The number of hydrogen-bond donors (Lipinski definition) is 2. The van der Waals surface area contributed by atoms with Crippen molar-refractivity contribution < 1.29 is 23.2 Å². The Labute approximate surface area is 187 Å². The topological polar surface area (TPSA) is 97.0 Å². The first-order valence-corrected chi connectivity index (χ1v) is 11.4. The molecule has 2 saturated carbocycles. The predicted octanol–water partition coefficient (Wildman–Crippen LogP) is 3.83. The highest BCUT2D eigenvalue weighted by Gasteiger charge is 2.39. The summed E-state index contributed by atoms with van der Waals surface area (Å²) in [5.41, 5.74) is 0.919. The van der Waals surface area contributed by atoms with Gasteiger partial charge in [-0.2, -0.15) is 0 Å². The summed E-state index contributed by atoms with van der Waals surface area (Å²) < 4.78 is 17.0. The molecule has 3 atom stereocenters. The number of hydrogen-bond acceptors (Lipinski definition) is 6. The molecule has 2 aliphatic carbocycles. The van der Waals surface area contributed by atoms with Crippen molar-refractivity contribution in [3.8, 4) is 0 Å². The lowest BCUT2D eigenvalue weighted by Crippen LogP contribution is -2.48. The highest BCUT2D eigenvalue weighted by molar-refractivity contribution is 5.95. The molecule has 0 saturated heterocycles. The van der Waals surface area contributed by atoms with Crippen LogP contribution in [0.4, 0.5) is 4.79 Å². The van der Waals surface area contributed by atoms with E-state index in [0.29, 0.717) is 48.0 Å². The number of esters is 1. The summed E-state index contributed by atoms with van der Waals surface area (Å²) in [6, 6.07) is 6.94.